The van der Waals surface area contributed by atoms with Gasteiger partial charge in [-0.3, -0.25) is 0 Å². The third kappa shape index (κ3) is 3.55. The number of sulfonamides is 1. The van der Waals surface area contributed by atoms with Crippen LogP contribution in [-0.2, 0) is 21.4 Å². The fraction of sp³-hybridized carbons (Fsp3) is 0.385. The quantitative estimate of drug-likeness (QED) is 0.678. The predicted molar refractivity (Wildman–Crippen MR) is 77.0 cm³/mol. The fourth-order valence-corrected chi connectivity index (χ4v) is 3.14. The van der Waals surface area contributed by atoms with E-state index in [9.17, 15) is 18.0 Å². The molecule has 0 spiro atoms. The van der Waals surface area contributed by atoms with E-state index < -0.39 is 28.1 Å². The molecule has 0 radical (unpaired) electrons. The lowest BCUT2D eigenvalue weighted by atomic mass is 9.94. The number of nitrogens with one attached hydrogen (secondary N) is 2. The summed E-state index contributed by atoms with van der Waals surface area (Å²) in [5, 5.41) is 10.9. The first-order valence-electron chi connectivity index (χ1n) is 6.42. The maximum Gasteiger partial charge on any atom is 0.404 e. The van der Waals surface area contributed by atoms with Crippen LogP contribution in [0.25, 0.3) is 0 Å². The smallest absolute Gasteiger partial charge is 0.404 e. The summed E-state index contributed by atoms with van der Waals surface area (Å²) in [4.78, 5) is 22.2. The molecule has 1 aromatic rings. The van der Waals surface area contributed by atoms with E-state index in [0.29, 0.717) is 22.3 Å². The first-order valence-corrected chi connectivity index (χ1v) is 8.32. The first-order chi connectivity index (χ1) is 10.2. The van der Waals surface area contributed by atoms with Gasteiger partial charge in [-0.2, -0.15) is 0 Å². The highest BCUT2D eigenvalue weighted by atomic mass is 32.2. The lowest BCUT2D eigenvalue weighted by Gasteiger charge is -2.21. The van der Waals surface area contributed by atoms with Crippen molar-refractivity contribution in [3.05, 3.63) is 34.4 Å². The minimum Gasteiger partial charge on any atom is -0.465 e. The maximum atomic E-state index is 11.5. The van der Waals surface area contributed by atoms with Crippen molar-refractivity contribution in [2.75, 3.05) is 12.8 Å². The van der Waals surface area contributed by atoms with Gasteiger partial charge in [-0.15, -0.1) is 0 Å². The van der Waals surface area contributed by atoms with Crippen molar-refractivity contribution in [2.45, 2.75) is 19.6 Å². The number of benzene rings is 1. The van der Waals surface area contributed by atoms with Crippen LogP contribution < -0.4 is 10.0 Å². The molecule has 1 amide bonds. The number of rotatable bonds is 5. The van der Waals surface area contributed by atoms with Gasteiger partial charge in [0.25, 0.3) is 0 Å². The Labute approximate surface area is 127 Å². The number of ether oxygens (including phenoxy) is 1. The van der Waals surface area contributed by atoms with Crippen molar-refractivity contribution in [3.63, 3.8) is 0 Å². The number of carbonyl (C=O) groups is 2. The van der Waals surface area contributed by atoms with Gasteiger partial charge in [-0.1, -0.05) is 6.07 Å². The van der Waals surface area contributed by atoms with Gasteiger partial charge < -0.3 is 15.2 Å². The SMILES string of the molecule is Cc1c([C@H](CNC(=O)O)NS(C)(=O)=O)ccc2c1COC2=O. The second-order valence-electron chi connectivity index (χ2n) is 5.01. The van der Waals surface area contributed by atoms with Crippen LogP contribution >= 0.6 is 0 Å². The molecule has 0 unspecified atom stereocenters. The summed E-state index contributed by atoms with van der Waals surface area (Å²) in [6.07, 6.45) is -0.256. The Morgan fingerprint density at radius 2 is 2.14 bits per heavy atom. The molecule has 22 heavy (non-hydrogen) atoms. The Bertz CT molecular complexity index is 728. The lowest BCUT2D eigenvalue weighted by molar-refractivity contribution is 0.0535. The highest BCUT2D eigenvalue weighted by Gasteiger charge is 2.27. The minimum atomic E-state index is -3.54. The number of carbonyl (C=O) groups excluding carboxylic acids is 1. The monoisotopic (exact) mass is 328 g/mol. The van der Waals surface area contributed by atoms with E-state index in [2.05, 4.69) is 10.0 Å². The number of hydrogen-bond donors (Lipinski definition) is 3. The molecule has 3 N–H and O–H groups in total. The van der Waals surface area contributed by atoms with Gasteiger partial charge in [0.15, 0.2) is 0 Å². The lowest BCUT2D eigenvalue weighted by Crippen LogP contribution is -2.37. The number of cyclic esters (lactones) is 1. The zero-order chi connectivity index (χ0) is 16.5. The van der Waals surface area contributed by atoms with Crippen LogP contribution in [0.2, 0.25) is 0 Å². The van der Waals surface area contributed by atoms with Crippen LogP contribution in [0.5, 0.6) is 0 Å². The van der Waals surface area contributed by atoms with Crippen molar-refractivity contribution < 1.29 is 27.9 Å². The average Bonchev–Trinajstić information content (AvgIpc) is 2.76. The second-order valence-corrected chi connectivity index (χ2v) is 6.79. The highest BCUT2D eigenvalue weighted by Crippen LogP contribution is 2.29. The zero-order valence-electron chi connectivity index (χ0n) is 12.0. The molecule has 1 aliphatic heterocycles. The number of fused-ring (bicyclic) bond motifs is 1. The van der Waals surface area contributed by atoms with Crippen LogP contribution in [0.3, 0.4) is 0 Å². The van der Waals surface area contributed by atoms with Crippen molar-refractivity contribution in [1.29, 1.82) is 0 Å². The molecule has 1 atom stereocenters. The molecule has 0 bridgehead atoms. The van der Waals surface area contributed by atoms with Gasteiger partial charge in [0.1, 0.15) is 6.61 Å². The van der Waals surface area contributed by atoms with Gasteiger partial charge >= 0.3 is 12.1 Å². The molecule has 0 saturated carbocycles. The number of carboxylic acid groups (broad SMARTS) is 1. The second kappa shape index (κ2) is 5.93. The number of hydrogen-bond acceptors (Lipinski definition) is 5. The largest absolute Gasteiger partial charge is 0.465 e. The highest BCUT2D eigenvalue weighted by molar-refractivity contribution is 7.88. The van der Waals surface area contributed by atoms with Crippen LogP contribution in [0, 0.1) is 6.92 Å². The molecule has 1 aliphatic rings. The van der Waals surface area contributed by atoms with E-state index in [1.807, 2.05) is 0 Å². The number of amides is 1. The topological polar surface area (TPSA) is 122 Å². The van der Waals surface area contributed by atoms with Crippen LogP contribution in [-0.4, -0.2) is 38.4 Å². The van der Waals surface area contributed by atoms with E-state index >= 15 is 0 Å². The van der Waals surface area contributed by atoms with Gasteiger partial charge in [-0.25, -0.2) is 22.7 Å². The van der Waals surface area contributed by atoms with Crippen molar-refractivity contribution in [3.8, 4) is 0 Å². The Hall–Kier alpha value is -2.13. The Morgan fingerprint density at radius 1 is 1.45 bits per heavy atom. The third-order valence-electron chi connectivity index (χ3n) is 3.40. The van der Waals surface area contributed by atoms with Crippen LogP contribution in [0.4, 0.5) is 4.79 Å². The Morgan fingerprint density at radius 3 is 2.73 bits per heavy atom. The Kier molecular flexibility index (Phi) is 4.38. The molecule has 1 heterocycles. The fourth-order valence-electron chi connectivity index (χ4n) is 2.41. The van der Waals surface area contributed by atoms with Crippen molar-refractivity contribution in [1.82, 2.24) is 10.0 Å². The van der Waals surface area contributed by atoms with Gasteiger partial charge in [-0.05, 0) is 24.1 Å². The molecule has 0 fully saturated rings. The average molecular weight is 328 g/mol. The molecular formula is C13H16N2O6S. The Balaban J connectivity index is 2.39. The molecule has 9 heteroatoms. The summed E-state index contributed by atoms with van der Waals surface area (Å²) in [5.74, 6) is -0.416. The van der Waals surface area contributed by atoms with Gasteiger partial charge in [0, 0.05) is 12.1 Å². The minimum absolute atomic E-state index is 0.128. The summed E-state index contributed by atoms with van der Waals surface area (Å²) in [6, 6.07) is 2.39. The molecule has 0 aromatic heterocycles. The molecule has 2 rings (SSSR count). The van der Waals surface area contributed by atoms with Gasteiger partial charge in [0.2, 0.25) is 10.0 Å². The summed E-state index contributed by atoms with van der Waals surface area (Å²) in [7, 11) is -3.54. The summed E-state index contributed by atoms with van der Waals surface area (Å²) in [5.41, 5.74) is 2.44. The van der Waals surface area contributed by atoms with Crippen LogP contribution in [0.1, 0.15) is 33.1 Å². The van der Waals surface area contributed by atoms with Crippen molar-refractivity contribution in [2.24, 2.45) is 0 Å². The van der Waals surface area contributed by atoms with Crippen molar-refractivity contribution >= 4 is 22.1 Å². The summed E-state index contributed by atoms with van der Waals surface area (Å²) >= 11 is 0. The standard InChI is InChI=1S/C13H16N2O6S/c1-7-8(3-4-9-10(7)6-21-12(9)16)11(5-14-13(17)18)15-22(2,19)20/h3-4,11,14-15H,5-6H2,1-2H3,(H,17,18)/t11-/m0/s1. The third-order valence-corrected chi connectivity index (χ3v) is 4.11. The molecule has 8 nitrogen and oxygen atoms in total. The van der Waals surface area contributed by atoms with Gasteiger partial charge in [0.05, 0.1) is 17.9 Å². The van der Waals surface area contributed by atoms with E-state index in [-0.39, 0.29) is 13.2 Å². The molecule has 1 aromatic carbocycles. The van der Waals surface area contributed by atoms with E-state index in [1.54, 1.807) is 19.1 Å². The van der Waals surface area contributed by atoms with Crippen LogP contribution in [0.15, 0.2) is 12.1 Å². The molecule has 0 aliphatic carbocycles. The maximum absolute atomic E-state index is 11.5. The molecule has 120 valence electrons. The van der Waals surface area contributed by atoms with E-state index in [0.717, 1.165) is 6.26 Å². The summed E-state index contributed by atoms with van der Waals surface area (Å²) < 4.78 is 30.3. The number of esters is 1. The first kappa shape index (κ1) is 16.2. The predicted octanol–water partition coefficient (Wildman–Crippen LogP) is 0.523. The summed E-state index contributed by atoms with van der Waals surface area (Å²) in [6.45, 7) is 1.75. The molecule has 0 saturated heterocycles. The van der Waals surface area contributed by atoms with E-state index in [4.69, 9.17) is 9.84 Å². The zero-order valence-corrected chi connectivity index (χ0v) is 12.9. The normalized spacial score (nSPS) is 15.1. The van der Waals surface area contributed by atoms with E-state index in [1.165, 1.54) is 0 Å². The molecular weight excluding hydrogens is 312 g/mol.